The van der Waals surface area contributed by atoms with Crippen LogP contribution in [0.5, 0.6) is 0 Å². The van der Waals surface area contributed by atoms with Crippen LogP contribution in [0.1, 0.15) is 24.8 Å². The molecule has 2 aromatic heterocycles. The van der Waals surface area contributed by atoms with Gasteiger partial charge in [-0.05, 0) is 25.3 Å². The first kappa shape index (κ1) is 14.8. The van der Waals surface area contributed by atoms with Gasteiger partial charge in [-0.15, -0.1) is 0 Å². The van der Waals surface area contributed by atoms with Gasteiger partial charge in [-0.25, -0.2) is 4.68 Å². The first-order chi connectivity index (χ1) is 10.7. The summed E-state index contributed by atoms with van der Waals surface area (Å²) >= 11 is 0. The predicted octanol–water partition coefficient (Wildman–Crippen LogP) is 0.627. The fourth-order valence-corrected chi connectivity index (χ4v) is 2.72. The molecule has 7 heteroatoms. The average Bonchev–Trinajstić information content (AvgIpc) is 3.18. The van der Waals surface area contributed by atoms with Crippen molar-refractivity contribution >= 4 is 5.69 Å². The molecule has 0 spiro atoms. The Morgan fingerprint density at radius 1 is 1.45 bits per heavy atom. The van der Waals surface area contributed by atoms with Crippen molar-refractivity contribution < 1.29 is 4.52 Å². The van der Waals surface area contributed by atoms with Crippen molar-refractivity contribution in [2.75, 3.05) is 24.5 Å². The molecular weight excluding hydrogens is 282 g/mol. The van der Waals surface area contributed by atoms with Gasteiger partial charge in [0, 0.05) is 25.2 Å². The van der Waals surface area contributed by atoms with E-state index in [0.717, 1.165) is 37.3 Å². The van der Waals surface area contributed by atoms with Crippen LogP contribution in [0.15, 0.2) is 27.6 Å². The Labute approximate surface area is 128 Å². The summed E-state index contributed by atoms with van der Waals surface area (Å²) in [5.41, 5.74) is 7.31. The molecule has 0 amide bonds. The topological polar surface area (TPSA) is 90.2 Å². The third-order valence-corrected chi connectivity index (χ3v) is 4.12. The monoisotopic (exact) mass is 303 g/mol. The molecule has 2 aromatic rings. The average molecular weight is 303 g/mol. The van der Waals surface area contributed by atoms with Crippen molar-refractivity contribution in [3.63, 3.8) is 0 Å². The van der Waals surface area contributed by atoms with Crippen molar-refractivity contribution in [1.29, 1.82) is 0 Å². The number of hydrogen-bond acceptors (Lipinski definition) is 6. The lowest BCUT2D eigenvalue weighted by Crippen LogP contribution is -2.27. The number of anilines is 1. The quantitative estimate of drug-likeness (QED) is 0.871. The molecule has 1 aliphatic heterocycles. The van der Waals surface area contributed by atoms with Crippen molar-refractivity contribution in [1.82, 2.24) is 14.9 Å². The minimum Gasteiger partial charge on any atom is -0.370 e. The molecule has 1 saturated heterocycles. The molecule has 0 bridgehead atoms. The van der Waals surface area contributed by atoms with Gasteiger partial charge >= 0.3 is 0 Å². The highest BCUT2D eigenvalue weighted by molar-refractivity contribution is 5.44. The maximum atomic E-state index is 12.2. The van der Waals surface area contributed by atoms with Gasteiger partial charge in [0.2, 0.25) is 0 Å². The maximum Gasteiger partial charge on any atom is 0.269 e. The zero-order valence-electron chi connectivity index (χ0n) is 12.7. The van der Waals surface area contributed by atoms with Gasteiger partial charge in [-0.2, -0.15) is 5.10 Å². The van der Waals surface area contributed by atoms with Gasteiger partial charge < -0.3 is 15.2 Å². The van der Waals surface area contributed by atoms with Crippen LogP contribution in [-0.2, 0) is 13.0 Å². The summed E-state index contributed by atoms with van der Waals surface area (Å²) in [5.74, 6) is 1.15. The lowest BCUT2D eigenvalue weighted by Gasteiger charge is -2.18. The molecule has 7 nitrogen and oxygen atoms in total. The van der Waals surface area contributed by atoms with E-state index in [0.29, 0.717) is 24.8 Å². The highest BCUT2D eigenvalue weighted by atomic mass is 16.5. The minimum absolute atomic E-state index is 0.136. The van der Waals surface area contributed by atoms with Crippen molar-refractivity contribution in [2.24, 2.45) is 11.7 Å². The summed E-state index contributed by atoms with van der Waals surface area (Å²) < 4.78 is 6.59. The second-order valence-electron chi connectivity index (χ2n) is 5.68. The Morgan fingerprint density at radius 2 is 2.32 bits per heavy atom. The Morgan fingerprint density at radius 3 is 2.95 bits per heavy atom. The van der Waals surface area contributed by atoms with E-state index in [2.05, 4.69) is 15.2 Å². The standard InChI is InChI=1S/C15H21N5O2/c1-2-12-5-14(22-18-12)10-20-15(21)6-13(8-17-20)19-4-3-11(7-16)9-19/h5-6,8,11H,2-4,7,9-10,16H2,1H3. The van der Waals surface area contributed by atoms with Crippen molar-refractivity contribution in [3.8, 4) is 0 Å². The number of aryl methyl sites for hydroxylation is 1. The number of nitrogens with two attached hydrogens (primary N) is 1. The maximum absolute atomic E-state index is 12.2. The summed E-state index contributed by atoms with van der Waals surface area (Å²) in [6.45, 7) is 4.81. The molecule has 0 aliphatic carbocycles. The predicted molar refractivity (Wildman–Crippen MR) is 82.9 cm³/mol. The molecule has 3 rings (SSSR count). The summed E-state index contributed by atoms with van der Waals surface area (Å²) in [6.07, 6.45) is 3.61. The summed E-state index contributed by atoms with van der Waals surface area (Å²) in [7, 11) is 0. The van der Waals surface area contributed by atoms with Crippen molar-refractivity contribution in [3.05, 3.63) is 40.1 Å². The van der Waals surface area contributed by atoms with E-state index in [1.54, 1.807) is 12.3 Å². The van der Waals surface area contributed by atoms with E-state index in [4.69, 9.17) is 10.3 Å². The molecule has 118 valence electrons. The van der Waals surface area contributed by atoms with Gasteiger partial charge in [0.15, 0.2) is 5.76 Å². The smallest absolute Gasteiger partial charge is 0.269 e. The van der Waals surface area contributed by atoms with Crippen LogP contribution in [-0.4, -0.2) is 34.6 Å². The molecule has 0 saturated carbocycles. The third-order valence-electron chi connectivity index (χ3n) is 4.12. The first-order valence-corrected chi connectivity index (χ1v) is 7.66. The fourth-order valence-electron chi connectivity index (χ4n) is 2.72. The van der Waals surface area contributed by atoms with Crippen LogP contribution in [0, 0.1) is 5.92 Å². The summed E-state index contributed by atoms with van der Waals surface area (Å²) in [5, 5.41) is 8.17. The second kappa shape index (κ2) is 6.31. The van der Waals surface area contributed by atoms with E-state index in [1.165, 1.54) is 4.68 Å². The van der Waals surface area contributed by atoms with Crippen LogP contribution >= 0.6 is 0 Å². The van der Waals surface area contributed by atoms with Gasteiger partial charge in [0.1, 0.15) is 6.54 Å². The Kier molecular flexibility index (Phi) is 4.24. The van der Waals surface area contributed by atoms with E-state index in [1.807, 2.05) is 13.0 Å². The second-order valence-corrected chi connectivity index (χ2v) is 5.68. The number of hydrogen-bond donors (Lipinski definition) is 1. The zero-order valence-corrected chi connectivity index (χ0v) is 12.7. The summed E-state index contributed by atoms with van der Waals surface area (Å²) in [6, 6.07) is 3.48. The first-order valence-electron chi connectivity index (χ1n) is 7.66. The number of nitrogens with zero attached hydrogens (tertiary/aromatic N) is 4. The number of rotatable bonds is 5. The van der Waals surface area contributed by atoms with Gasteiger partial charge in [-0.3, -0.25) is 4.79 Å². The van der Waals surface area contributed by atoms with Crippen LogP contribution in [0.4, 0.5) is 5.69 Å². The van der Waals surface area contributed by atoms with Crippen LogP contribution in [0.2, 0.25) is 0 Å². The molecule has 1 atom stereocenters. The fraction of sp³-hybridized carbons (Fsp3) is 0.533. The minimum atomic E-state index is -0.136. The summed E-state index contributed by atoms with van der Waals surface area (Å²) in [4.78, 5) is 14.4. The molecular formula is C15H21N5O2. The van der Waals surface area contributed by atoms with Crippen LogP contribution in [0.25, 0.3) is 0 Å². The zero-order chi connectivity index (χ0) is 15.5. The highest BCUT2D eigenvalue weighted by Crippen LogP contribution is 2.21. The number of aromatic nitrogens is 3. The highest BCUT2D eigenvalue weighted by Gasteiger charge is 2.22. The SMILES string of the molecule is CCc1cc(Cn2ncc(N3CCC(CN)C3)cc2=O)on1. The molecule has 2 N–H and O–H groups in total. The molecule has 22 heavy (non-hydrogen) atoms. The molecule has 3 heterocycles. The normalized spacial score (nSPS) is 18.1. The van der Waals surface area contributed by atoms with Crippen LogP contribution < -0.4 is 16.2 Å². The molecule has 0 aromatic carbocycles. The lowest BCUT2D eigenvalue weighted by atomic mass is 10.1. The van der Waals surface area contributed by atoms with Gasteiger partial charge in [0.05, 0.1) is 17.6 Å². The largest absolute Gasteiger partial charge is 0.370 e. The Hall–Kier alpha value is -2.15. The van der Waals surface area contributed by atoms with Crippen LogP contribution in [0.3, 0.4) is 0 Å². The molecule has 1 fully saturated rings. The molecule has 0 radical (unpaired) electrons. The van der Waals surface area contributed by atoms with Crippen molar-refractivity contribution in [2.45, 2.75) is 26.3 Å². The van der Waals surface area contributed by atoms with E-state index >= 15 is 0 Å². The van der Waals surface area contributed by atoms with Gasteiger partial charge in [0.25, 0.3) is 5.56 Å². The molecule has 1 aliphatic rings. The molecule has 1 unspecified atom stereocenters. The van der Waals surface area contributed by atoms with E-state index < -0.39 is 0 Å². The van der Waals surface area contributed by atoms with Gasteiger partial charge in [-0.1, -0.05) is 12.1 Å². The third kappa shape index (κ3) is 3.04. The lowest BCUT2D eigenvalue weighted by molar-refractivity contribution is 0.364. The Balaban J connectivity index is 1.73. The van der Waals surface area contributed by atoms with E-state index in [-0.39, 0.29) is 5.56 Å². The Bertz CT molecular complexity index is 693. The van der Waals surface area contributed by atoms with E-state index in [9.17, 15) is 4.79 Å².